The number of nitrogens with one attached hydrogen (secondary N) is 2. The maximum Gasteiger partial charge on any atom is 0.191 e. The first-order valence-corrected chi connectivity index (χ1v) is 9.24. The quantitative estimate of drug-likeness (QED) is 0.490. The van der Waals surface area contributed by atoms with Crippen LogP contribution in [-0.4, -0.2) is 55.1 Å². The number of fused-ring (bicyclic) bond motifs is 2. The van der Waals surface area contributed by atoms with E-state index < -0.39 is 6.10 Å². The fourth-order valence-corrected chi connectivity index (χ4v) is 3.42. The van der Waals surface area contributed by atoms with E-state index in [4.69, 9.17) is 9.47 Å². The molecular weight excluding hydrogens is 318 g/mol. The SMILES string of the molecule is CCNC(=NCC(O)COCc1ccccc1)NC1CC2CCC1O2. The molecular formula is C19H29N3O3. The van der Waals surface area contributed by atoms with Crippen LogP contribution in [0.4, 0.5) is 0 Å². The summed E-state index contributed by atoms with van der Waals surface area (Å²) >= 11 is 0. The number of guanidine groups is 1. The molecule has 0 spiro atoms. The van der Waals surface area contributed by atoms with Crippen molar-refractivity contribution in [1.29, 1.82) is 0 Å². The highest BCUT2D eigenvalue weighted by Gasteiger charge is 2.41. The first kappa shape index (κ1) is 18.2. The normalized spacial score (nSPS) is 26.6. The van der Waals surface area contributed by atoms with Crippen LogP contribution in [0.1, 0.15) is 31.7 Å². The van der Waals surface area contributed by atoms with E-state index >= 15 is 0 Å². The van der Waals surface area contributed by atoms with Gasteiger partial charge in [-0.15, -0.1) is 0 Å². The van der Waals surface area contributed by atoms with Crippen molar-refractivity contribution < 1.29 is 14.6 Å². The molecule has 2 saturated heterocycles. The lowest BCUT2D eigenvalue weighted by Crippen LogP contribution is -2.47. The van der Waals surface area contributed by atoms with Gasteiger partial charge < -0.3 is 25.2 Å². The molecule has 6 heteroatoms. The van der Waals surface area contributed by atoms with Gasteiger partial charge >= 0.3 is 0 Å². The summed E-state index contributed by atoms with van der Waals surface area (Å²) in [7, 11) is 0. The van der Waals surface area contributed by atoms with Crippen LogP contribution in [0.3, 0.4) is 0 Å². The fourth-order valence-electron chi connectivity index (χ4n) is 3.42. The average Bonchev–Trinajstić information content (AvgIpc) is 3.24. The number of aliphatic hydroxyl groups excluding tert-OH is 1. The van der Waals surface area contributed by atoms with Gasteiger partial charge in [-0.3, -0.25) is 4.99 Å². The van der Waals surface area contributed by atoms with Crippen LogP contribution >= 0.6 is 0 Å². The Balaban J connectivity index is 1.41. The summed E-state index contributed by atoms with van der Waals surface area (Å²) in [6, 6.07) is 10.3. The van der Waals surface area contributed by atoms with Gasteiger partial charge in [0.05, 0.1) is 44.1 Å². The minimum absolute atomic E-state index is 0.273. The molecule has 25 heavy (non-hydrogen) atoms. The van der Waals surface area contributed by atoms with Gasteiger partial charge in [-0.1, -0.05) is 30.3 Å². The van der Waals surface area contributed by atoms with Crippen molar-refractivity contribution >= 4 is 5.96 Å². The van der Waals surface area contributed by atoms with Crippen molar-refractivity contribution in [2.24, 2.45) is 4.99 Å². The van der Waals surface area contributed by atoms with Crippen LogP contribution in [0.2, 0.25) is 0 Å². The number of aliphatic imine (C=N–C) groups is 1. The highest BCUT2D eigenvalue weighted by Crippen LogP contribution is 2.34. The summed E-state index contributed by atoms with van der Waals surface area (Å²) in [5.74, 6) is 0.741. The molecule has 138 valence electrons. The van der Waals surface area contributed by atoms with Crippen LogP contribution in [0.15, 0.2) is 35.3 Å². The van der Waals surface area contributed by atoms with E-state index in [9.17, 15) is 5.11 Å². The van der Waals surface area contributed by atoms with E-state index in [1.165, 1.54) is 6.42 Å². The molecule has 2 aliphatic rings. The lowest BCUT2D eigenvalue weighted by atomic mass is 9.96. The summed E-state index contributed by atoms with van der Waals surface area (Å²) in [4.78, 5) is 4.49. The van der Waals surface area contributed by atoms with Crippen molar-refractivity contribution in [3.8, 4) is 0 Å². The van der Waals surface area contributed by atoms with E-state index in [0.29, 0.717) is 31.4 Å². The lowest BCUT2D eigenvalue weighted by Gasteiger charge is -2.23. The van der Waals surface area contributed by atoms with Gasteiger partial charge in [0.2, 0.25) is 0 Å². The number of hydrogen-bond acceptors (Lipinski definition) is 4. The summed E-state index contributed by atoms with van der Waals surface area (Å²) in [6.07, 6.45) is 3.43. The van der Waals surface area contributed by atoms with Crippen molar-refractivity contribution in [2.75, 3.05) is 19.7 Å². The van der Waals surface area contributed by atoms with Gasteiger partial charge in [0.15, 0.2) is 5.96 Å². The Morgan fingerprint density at radius 2 is 2.20 bits per heavy atom. The molecule has 2 heterocycles. The molecule has 2 aliphatic heterocycles. The van der Waals surface area contributed by atoms with Crippen LogP contribution in [0.25, 0.3) is 0 Å². The number of rotatable bonds is 8. The summed E-state index contributed by atoms with van der Waals surface area (Å²) in [5, 5.41) is 16.8. The molecule has 1 aromatic rings. The Bertz CT molecular complexity index is 552. The molecule has 0 radical (unpaired) electrons. The smallest absolute Gasteiger partial charge is 0.191 e. The highest BCUT2D eigenvalue weighted by atomic mass is 16.5. The van der Waals surface area contributed by atoms with E-state index in [1.54, 1.807) is 0 Å². The first-order valence-electron chi connectivity index (χ1n) is 9.24. The lowest BCUT2D eigenvalue weighted by molar-refractivity contribution is 0.0331. The number of ether oxygens (including phenoxy) is 2. The minimum atomic E-state index is -0.615. The topological polar surface area (TPSA) is 75.1 Å². The summed E-state index contributed by atoms with van der Waals surface area (Å²) < 4.78 is 11.4. The Hall–Kier alpha value is -1.63. The van der Waals surface area contributed by atoms with Gasteiger partial charge in [0.25, 0.3) is 0 Å². The molecule has 2 bridgehead atoms. The van der Waals surface area contributed by atoms with Crippen molar-refractivity contribution in [3.63, 3.8) is 0 Å². The molecule has 0 saturated carbocycles. The maximum absolute atomic E-state index is 10.1. The molecule has 4 unspecified atom stereocenters. The largest absolute Gasteiger partial charge is 0.389 e. The van der Waals surface area contributed by atoms with Gasteiger partial charge in [0.1, 0.15) is 0 Å². The molecule has 2 fully saturated rings. The number of nitrogens with zero attached hydrogens (tertiary/aromatic N) is 1. The summed E-state index contributed by atoms with van der Waals surface area (Å²) in [6.45, 7) is 3.91. The highest BCUT2D eigenvalue weighted by molar-refractivity contribution is 5.80. The summed E-state index contributed by atoms with van der Waals surface area (Å²) in [5.41, 5.74) is 1.10. The zero-order chi connectivity index (χ0) is 17.5. The Labute approximate surface area is 149 Å². The zero-order valence-electron chi connectivity index (χ0n) is 14.9. The average molecular weight is 347 g/mol. The zero-order valence-corrected chi connectivity index (χ0v) is 14.9. The Kier molecular flexibility index (Phi) is 6.67. The van der Waals surface area contributed by atoms with Crippen LogP contribution in [-0.2, 0) is 16.1 Å². The molecule has 3 rings (SSSR count). The van der Waals surface area contributed by atoms with Gasteiger partial charge in [-0.25, -0.2) is 0 Å². The van der Waals surface area contributed by atoms with Crippen LogP contribution in [0, 0.1) is 0 Å². The predicted molar refractivity (Wildman–Crippen MR) is 97.5 cm³/mol. The molecule has 0 amide bonds. The standard InChI is InChI=1S/C19H29N3O3/c1-2-20-19(22-17-10-16-8-9-18(17)25-16)21-11-15(23)13-24-12-14-6-4-3-5-7-14/h3-7,15-18,23H,2,8-13H2,1H3,(H2,20,21,22). The second-order valence-electron chi connectivity index (χ2n) is 6.73. The molecule has 4 atom stereocenters. The molecule has 6 nitrogen and oxygen atoms in total. The van der Waals surface area contributed by atoms with Crippen LogP contribution < -0.4 is 10.6 Å². The van der Waals surface area contributed by atoms with Gasteiger partial charge in [-0.2, -0.15) is 0 Å². The molecule has 0 aromatic heterocycles. The monoisotopic (exact) mass is 347 g/mol. The number of hydrogen-bond donors (Lipinski definition) is 3. The van der Waals surface area contributed by atoms with E-state index in [-0.39, 0.29) is 6.61 Å². The van der Waals surface area contributed by atoms with Gasteiger partial charge in [-0.05, 0) is 31.7 Å². The van der Waals surface area contributed by atoms with Gasteiger partial charge in [0, 0.05) is 6.54 Å². The third-order valence-corrected chi connectivity index (χ3v) is 4.65. The van der Waals surface area contributed by atoms with E-state index in [2.05, 4.69) is 15.6 Å². The van der Waals surface area contributed by atoms with E-state index in [1.807, 2.05) is 37.3 Å². The number of aliphatic hydroxyl groups is 1. The Morgan fingerprint density at radius 1 is 1.36 bits per heavy atom. The Morgan fingerprint density at radius 3 is 2.88 bits per heavy atom. The molecule has 1 aromatic carbocycles. The van der Waals surface area contributed by atoms with Crippen molar-refractivity contribution in [1.82, 2.24) is 10.6 Å². The third kappa shape index (κ3) is 5.42. The second-order valence-corrected chi connectivity index (χ2v) is 6.73. The minimum Gasteiger partial charge on any atom is -0.389 e. The predicted octanol–water partition coefficient (Wildman–Crippen LogP) is 1.44. The molecule has 0 aliphatic carbocycles. The maximum atomic E-state index is 10.1. The first-order chi connectivity index (χ1) is 12.2. The van der Waals surface area contributed by atoms with Crippen LogP contribution in [0.5, 0.6) is 0 Å². The second kappa shape index (κ2) is 9.17. The fraction of sp³-hybridized carbons (Fsp3) is 0.632. The number of benzene rings is 1. The van der Waals surface area contributed by atoms with E-state index in [0.717, 1.165) is 30.9 Å². The third-order valence-electron chi connectivity index (χ3n) is 4.65. The van der Waals surface area contributed by atoms with Crippen molar-refractivity contribution in [3.05, 3.63) is 35.9 Å². The molecule has 3 N–H and O–H groups in total. The van der Waals surface area contributed by atoms with Crippen molar-refractivity contribution in [2.45, 2.75) is 57.1 Å².